The van der Waals surface area contributed by atoms with E-state index >= 15 is 0 Å². The van der Waals surface area contributed by atoms with E-state index in [0.717, 1.165) is 16.1 Å². The number of ether oxygens (including phenoxy) is 1. The van der Waals surface area contributed by atoms with Gasteiger partial charge in [-0.3, -0.25) is 9.44 Å². The molecule has 1 saturated heterocycles. The van der Waals surface area contributed by atoms with Gasteiger partial charge in [-0.25, -0.2) is 4.90 Å². The van der Waals surface area contributed by atoms with E-state index in [9.17, 15) is 10.0 Å². The van der Waals surface area contributed by atoms with Crippen molar-refractivity contribution in [1.29, 1.82) is 0 Å². The number of nitrogens with zero attached hydrogens (tertiary/aromatic N) is 4. The van der Waals surface area contributed by atoms with E-state index in [1.54, 1.807) is 0 Å². The second kappa shape index (κ2) is 7.27. The van der Waals surface area contributed by atoms with Crippen LogP contribution in [0.4, 0.5) is 5.13 Å². The number of esters is 1. The van der Waals surface area contributed by atoms with E-state index < -0.39 is 16.8 Å². The SMILES string of the molecule is Cc1cccc(CC(=O)OC2CN(C)C[N+]2([O-])c2nnc(C(C)(C)C)s2)c1. The number of rotatable bonds is 4. The van der Waals surface area contributed by atoms with Gasteiger partial charge in [-0.05, 0) is 30.9 Å². The van der Waals surface area contributed by atoms with Gasteiger partial charge >= 0.3 is 11.1 Å². The van der Waals surface area contributed by atoms with Crippen molar-refractivity contribution in [3.8, 4) is 0 Å². The van der Waals surface area contributed by atoms with E-state index in [1.807, 2.05) is 63.9 Å². The topological polar surface area (TPSA) is 78.4 Å². The number of hydroxylamine groups is 2. The summed E-state index contributed by atoms with van der Waals surface area (Å²) in [6.45, 7) is 8.61. The van der Waals surface area contributed by atoms with Crippen LogP contribution in [0, 0.1) is 12.1 Å². The molecule has 27 heavy (non-hydrogen) atoms. The van der Waals surface area contributed by atoms with E-state index in [1.165, 1.54) is 11.3 Å². The molecule has 1 aromatic carbocycles. The van der Waals surface area contributed by atoms with Crippen LogP contribution in [-0.4, -0.2) is 47.6 Å². The highest BCUT2D eigenvalue weighted by Crippen LogP contribution is 2.37. The summed E-state index contributed by atoms with van der Waals surface area (Å²) in [4.78, 5) is 14.3. The first-order chi connectivity index (χ1) is 12.6. The lowest BCUT2D eigenvalue weighted by Gasteiger charge is -2.38. The molecule has 1 aliphatic heterocycles. The van der Waals surface area contributed by atoms with Crippen LogP contribution in [0.15, 0.2) is 24.3 Å². The number of carbonyl (C=O) groups is 1. The number of aryl methyl sites for hydroxylation is 1. The molecule has 2 unspecified atom stereocenters. The Morgan fingerprint density at radius 1 is 1.41 bits per heavy atom. The Kier molecular flexibility index (Phi) is 5.36. The lowest BCUT2D eigenvalue weighted by molar-refractivity contribution is -0.152. The third kappa shape index (κ3) is 4.35. The average molecular weight is 391 g/mol. The Hall–Kier alpha value is -1.87. The van der Waals surface area contributed by atoms with Crippen molar-refractivity contribution in [3.63, 3.8) is 0 Å². The summed E-state index contributed by atoms with van der Waals surface area (Å²) in [6.07, 6.45) is -0.696. The molecule has 0 bridgehead atoms. The standard InChI is InChI=1S/C19H26N4O3S/c1-13-7-6-8-14(9-13)10-16(24)26-15-11-22(5)12-23(15,25)18-21-20-17(27-18)19(2,3)4/h6-9,15H,10-12H2,1-5H3. The van der Waals surface area contributed by atoms with Gasteiger partial charge in [0.1, 0.15) is 11.7 Å². The van der Waals surface area contributed by atoms with Crippen LogP contribution in [0.3, 0.4) is 0 Å². The fourth-order valence-electron chi connectivity index (χ4n) is 3.07. The molecule has 146 valence electrons. The van der Waals surface area contributed by atoms with Crippen molar-refractivity contribution >= 4 is 22.4 Å². The summed E-state index contributed by atoms with van der Waals surface area (Å²) in [7, 11) is 1.84. The molecule has 0 aliphatic carbocycles. The highest BCUT2D eigenvalue weighted by Gasteiger charge is 2.45. The molecular weight excluding hydrogens is 364 g/mol. The monoisotopic (exact) mass is 390 g/mol. The molecule has 0 N–H and O–H groups in total. The van der Waals surface area contributed by atoms with Gasteiger partial charge in [0, 0.05) is 5.41 Å². The molecule has 8 heteroatoms. The lowest BCUT2D eigenvalue weighted by Crippen LogP contribution is -2.51. The third-order valence-electron chi connectivity index (χ3n) is 4.46. The number of carbonyl (C=O) groups excluding carboxylic acids is 1. The van der Waals surface area contributed by atoms with Crippen molar-refractivity contribution in [2.45, 2.75) is 45.8 Å². The van der Waals surface area contributed by atoms with E-state index in [2.05, 4.69) is 10.2 Å². The molecule has 0 saturated carbocycles. The van der Waals surface area contributed by atoms with Crippen LogP contribution in [0.1, 0.15) is 36.9 Å². The second-order valence-electron chi connectivity index (χ2n) is 8.23. The molecule has 1 aliphatic rings. The Balaban J connectivity index is 1.77. The van der Waals surface area contributed by atoms with Gasteiger partial charge in [-0.1, -0.05) is 55.7 Å². The maximum atomic E-state index is 13.6. The van der Waals surface area contributed by atoms with Crippen molar-refractivity contribution in [1.82, 2.24) is 19.7 Å². The van der Waals surface area contributed by atoms with Crippen molar-refractivity contribution in [3.05, 3.63) is 45.6 Å². The van der Waals surface area contributed by atoms with Crippen molar-refractivity contribution in [2.75, 3.05) is 20.3 Å². The van der Waals surface area contributed by atoms with Gasteiger partial charge in [0.2, 0.25) is 0 Å². The molecule has 0 radical (unpaired) electrons. The number of quaternary nitrogens is 1. The van der Waals surface area contributed by atoms with E-state index in [4.69, 9.17) is 4.74 Å². The average Bonchev–Trinajstić information content (AvgIpc) is 3.13. The minimum atomic E-state index is -0.840. The number of likely N-dealkylation sites (N-methyl/N-ethyl adjacent to an activating group) is 1. The molecule has 2 heterocycles. The summed E-state index contributed by atoms with van der Waals surface area (Å²) < 4.78 is 4.81. The Labute approximate surface area is 163 Å². The smallest absolute Gasteiger partial charge is 0.314 e. The van der Waals surface area contributed by atoms with Crippen molar-refractivity contribution in [2.24, 2.45) is 0 Å². The highest BCUT2D eigenvalue weighted by atomic mass is 32.1. The molecule has 0 amide bonds. The summed E-state index contributed by atoms with van der Waals surface area (Å²) in [5.74, 6) is -0.403. The molecule has 7 nitrogen and oxygen atoms in total. The van der Waals surface area contributed by atoms with Crippen LogP contribution in [-0.2, 0) is 21.4 Å². The zero-order valence-corrected chi connectivity index (χ0v) is 17.2. The fraction of sp³-hybridized carbons (Fsp3) is 0.526. The third-order valence-corrected chi connectivity index (χ3v) is 5.92. The van der Waals surface area contributed by atoms with E-state index in [0.29, 0.717) is 11.7 Å². The Morgan fingerprint density at radius 3 is 2.78 bits per heavy atom. The van der Waals surface area contributed by atoms with Gasteiger partial charge in [-0.2, -0.15) is 0 Å². The number of aromatic nitrogens is 2. The van der Waals surface area contributed by atoms with Gasteiger partial charge in [-0.15, -0.1) is 5.10 Å². The minimum Gasteiger partial charge on any atom is -0.622 e. The van der Waals surface area contributed by atoms with Crippen LogP contribution < -0.4 is 4.65 Å². The number of hydrogen-bond acceptors (Lipinski definition) is 7. The molecule has 2 aromatic rings. The van der Waals surface area contributed by atoms with Gasteiger partial charge < -0.3 is 9.94 Å². The minimum absolute atomic E-state index is 0.144. The van der Waals surface area contributed by atoms with Crippen LogP contribution in [0.5, 0.6) is 0 Å². The number of hydrogen-bond donors (Lipinski definition) is 0. The number of benzene rings is 1. The predicted molar refractivity (Wildman–Crippen MR) is 106 cm³/mol. The van der Waals surface area contributed by atoms with Gasteiger partial charge in [0.15, 0.2) is 0 Å². The second-order valence-corrected chi connectivity index (χ2v) is 9.18. The van der Waals surface area contributed by atoms with Crippen LogP contribution >= 0.6 is 11.3 Å². The first-order valence-electron chi connectivity index (χ1n) is 8.95. The van der Waals surface area contributed by atoms with Crippen LogP contribution in [0.2, 0.25) is 0 Å². The zero-order valence-electron chi connectivity index (χ0n) is 16.4. The predicted octanol–water partition coefficient (Wildman–Crippen LogP) is 2.96. The van der Waals surface area contributed by atoms with Gasteiger partial charge in [0.25, 0.3) is 6.23 Å². The Bertz CT molecular complexity index is 832. The van der Waals surface area contributed by atoms with Gasteiger partial charge in [0.05, 0.1) is 13.0 Å². The van der Waals surface area contributed by atoms with E-state index in [-0.39, 0.29) is 18.5 Å². The first-order valence-corrected chi connectivity index (χ1v) is 9.76. The maximum absolute atomic E-state index is 13.6. The Morgan fingerprint density at radius 2 is 2.15 bits per heavy atom. The normalized spacial score (nSPS) is 23.6. The molecule has 0 spiro atoms. The summed E-state index contributed by atoms with van der Waals surface area (Å²) in [5.41, 5.74) is 1.78. The fourth-order valence-corrected chi connectivity index (χ4v) is 4.04. The highest BCUT2D eigenvalue weighted by molar-refractivity contribution is 7.15. The summed E-state index contributed by atoms with van der Waals surface area (Å²) >= 11 is 1.29. The molecule has 2 atom stereocenters. The maximum Gasteiger partial charge on any atom is 0.314 e. The summed E-state index contributed by atoms with van der Waals surface area (Å²) in [6, 6.07) is 7.71. The molecule has 1 fully saturated rings. The van der Waals surface area contributed by atoms with Crippen LogP contribution in [0.25, 0.3) is 0 Å². The quantitative estimate of drug-likeness (QED) is 0.454. The lowest BCUT2D eigenvalue weighted by atomic mass is 9.98. The summed E-state index contributed by atoms with van der Waals surface area (Å²) in [5, 5.41) is 23.0. The van der Waals surface area contributed by atoms with Crippen molar-refractivity contribution < 1.29 is 9.53 Å². The molecule has 1 aromatic heterocycles. The molecule has 3 rings (SSSR count). The first kappa shape index (κ1) is 19.9. The largest absolute Gasteiger partial charge is 0.622 e. The molecular formula is C19H26N4O3S. The zero-order chi connectivity index (χ0) is 19.8.